The molecule has 0 amide bonds. The van der Waals surface area contributed by atoms with E-state index in [-0.39, 0.29) is 0 Å². The molecule has 2 nitrogen and oxygen atoms in total. The van der Waals surface area contributed by atoms with E-state index in [4.69, 9.17) is 10.5 Å². The van der Waals surface area contributed by atoms with Gasteiger partial charge in [0.25, 0.3) is 0 Å². The third-order valence-corrected chi connectivity index (χ3v) is 3.25. The van der Waals surface area contributed by atoms with E-state index >= 15 is 0 Å². The summed E-state index contributed by atoms with van der Waals surface area (Å²) in [6.07, 6.45) is 0. The van der Waals surface area contributed by atoms with Crippen LogP contribution in [0.1, 0.15) is 16.7 Å². The van der Waals surface area contributed by atoms with Gasteiger partial charge in [-0.25, -0.2) is 0 Å². The normalized spacial score (nSPS) is 10.6. The first-order valence-electron chi connectivity index (χ1n) is 5.88. The lowest BCUT2D eigenvalue weighted by Crippen LogP contribution is -2.03. The molecule has 2 rings (SSSR count). The molecule has 2 aromatic rings. The number of nitrogens with two attached hydrogens (primary N) is 1. The van der Waals surface area contributed by atoms with Gasteiger partial charge in [0.05, 0.1) is 13.2 Å². The average molecular weight is 306 g/mol. The number of hydrogen-bond donors (Lipinski definition) is 1. The SMILES string of the molecule is NCc1ccccc1COCc1cccc(Br)c1. The van der Waals surface area contributed by atoms with E-state index in [1.54, 1.807) is 0 Å². The lowest BCUT2D eigenvalue weighted by atomic mass is 10.1. The quantitative estimate of drug-likeness (QED) is 0.915. The molecule has 0 aliphatic carbocycles. The van der Waals surface area contributed by atoms with E-state index in [1.807, 2.05) is 30.3 Å². The molecule has 2 aromatic carbocycles. The van der Waals surface area contributed by atoms with Crippen LogP contribution in [0.25, 0.3) is 0 Å². The van der Waals surface area contributed by atoms with Crippen molar-refractivity contribution in [3.8, 4) is 0 Å². The molecule has 0 aromatic heterocycles. The van der Waals surface area contributed by atoms with Crippen molar-refractivity contribution in [2.45, 2.75) is 19.8 Å². The Kier molecular flexibility index (Phi) is 4.93. The van der Waals surface area contributed by atoms with Crippen LogP contribution in [0.5, 0.6) is 0 Å². The van der Waals surface area contributed by atoms with E-state index in [2.05, 4.69) is 34.1 Å². The van der Waals surface area contributed by atoms with Gasteiger partial charge in [0.2, 0.25) is 0 Å². The minimum absolute atomic E-state index is 0.552. The summed E-state index contributed by atoms with van der Waals surface area (Å²) in [5.41, 5.74) is 9.16. The van der Waals surface area contributed by atoms with Crippen LogP contribution in [0.4, 0.5) is 0 Å². The fraction of sp³-hybridized carbons (Fsp3) is 0.200. The molecule has 0 saturated carbocycles. The molecule has 0 atom stereocenters. The summed E-state index contributed by atoms with van der Waals surface area (Å²) in [4.78, 5) is 0. The zero-order valence-corrected chi connectivity index (χ0v) is 11.7. The second-order valence-electron chi connectivity index (χ2n) is 4.10. The maximum Gasteiger partial charge on any atom is 0.0724 e. The fourth-order valence-corrected chi connectivity index (χ4v) is 2.25. The Labute approximate surface area is 116 Å². The van der Waals surface area contributed by atoms with Crippen molar-refractivity contribution in [1.29, 1.82) is 0 Å². The van der Waals surface area contributed by atoms with Crippen molar-refractivity contribution < 1.29 is 4.74 Å². The van der Waals surface area contributed by atoms with Gasteiger partial charge in [-0.05, 0) is 28.8 Å². The molecule has 0 spiro atoms. The Hall–Kier alpha value is -1.16. The van der Waals surface area contributed by atoms with Gasteiger partial charge in [0.1, 0.15) is 0 Å². The van der Waals surface area contributed by atoms with Gasteiger partial charge in [-0.1, -0.05) is 52.3 Å². The van der Waals surface area contributed by atoms with Gasteiger partial charge in [0, 0.05) is 11.0 Å². The molecule has 0 unspecified atom stereocenters. The average Bonchev–Trinajstić information content (AvgIpc) is 2.39. The fourth-order valence-electron chi connectivity index (χ4n) is 1.80. The predicted octanol–water partition coefficient (Wildman–Crippen LogP) is 3.62. The number of hydrogen-bond acceptors (Lipinski definition) is 2. The first-order chi connectivity index (χ1) is 8.79. The highest BCUT2D eigenvalue weighted by atomic mass is 79.9. The molecule has 3 heteroatoms. The Bertz CT molecular complexity index is 513. The monoisotopic (exact) mass is 305 g/mol. The van der Waals surface area contributed by atoms with Crippen molar-refractivity contribution in [2.24, 2.45) is 5.73 Å². The maximum atomic E-state index is 5.73. The second-order valence-corrected chi connectivity index (χ2v) is 5.01. The van der Waals surface area contributed by atoms with Gasteiger partial charge >= 0.3 is 0 Å². The van der Waals surface area contributed by atoms with Crippen molar-refractivity contribution >= 4 is 15.9 Å². The zero-order chi connectivity index (χ0) is 12.8. The van der Waals surface area contributed by atoms with Gasteiger partial charge in [-0.3, -0.25) is 0 Å². The van der Waals surface area contributed by atoms with Crippen LogP contribution in [0.3, 0.4) is 0 Å². The van der Waals surface area contributed by atoms with E-state index < -0.39 is 0 Å². The van der Waals surface area contributed by atoms with Crippen LogP contribution in [-0.4, -0.2) is 0 Å². The minimum atomic E-state index is 0.552. The molecular formula is C15H16BrNO. The van der Waals surface area contributed by atoms with Crippen LogP contribution in [-0.2, 0) is 24.5 Å². The molecule has 0 heterocycles. The summed E-state index contributed by atoms with van der Waals surface area (Å²) < 4.78 is 6.80. The van der Waals surface area contributed by atoms with Crippen LogP contribution < -0.4 is 5.73 Å². The van der Waals surface area contributed by atoms with Gasteiger partial charge in [-0.15, -0.1) is 0 Å². The topological polar surface area (TPSA) is 35.2 Å². The molecule has 94 valence electrons. The first-order valence-corrected chi connectivity index (χ1v) is 6.68. The smallest absolute Gasteiger partial charge is 0.0724 e. The van der Waals surface area contributed by atoms with Crippen LogP contribution in [0.15, 0.2) is 53.0 Å². The molecule has 0 saturated heterocycles. The summed E-state index contributed by atoms with van der Waals surface area (Å²) in [6.45, 7) is 1.76. The third kappa shape index (κ3) is 3.67. The van der Waals surface area contributed by atoms with E-state index in [9.17, 15) is 0 Å². The van der Waals surface area contributed by atoms with Crippen LogP contribution >= 0.6 is 15.9 Å². The summed E-state index contributed by atoms with van der Waals surface area (Å²) >= 11 is 3.45. The summed E-state index contributed by atoms with van der Waals surface area (Å²) in [6, 6.07) is 16.2. The molecular weight excluding hydrogens is 290 g/mol. The Balaban J connectivity index is 1.92. The summed E-state index contributed by atoms with van der Waals surface area (Å²) in [7, 11) is 0. The molecule has 2 N–H and O–H groups in total. The molecule has 0 bridgehead atoms. The number of rotatable bonds is 5. The van der Waals surface area contributed by atoms with Gasteiger partial charge in [-0.2, -0.15) is 0 Å². The van der Waals surface area contributed by atoms with E-state index in [1.165, 1.54) is 0 Å². The van der Waals surface area contributed by atoms with Crippen LogP contribution in [0, 0.1) is 0 Å². The highest BCUT2D eigenvalue weighted by molar-refractivity contribution is 9.10. The lowest BCUT2D eigenvalue weighted by molar-refractivity contribution is 0.106. The highest BCUT2D eigenvalue weighted by Gasteiger charge is 2.00. The van der Waals surface area contributed by atoms with Crippen LogP contribution in [0.2, 0.25) is 0 Å². The van der Waals surface area contributed by atoms with Crippen molar-refractivity contribution in [2.75, 3.05) is 0 Å². The van der Waals surface area contributed by atoms with Crippen molar-refractivity contribution in [3.05, 3.63) is 69.7 Å². The molecule has 0 aliphatic rings. The first kappa shape index (κ1) is 13.3. The number of ether oxygens (including phenoxy) is 1. The van der Waals surface area contributed by atoms with E-state index in [0.717, 1.165) is 21.2 Å². The van der Waals surface area contributed by atoms with Crippen molar-refractivity contribution in [1.82, 2.24) is 0 Å². The van der Waals surface area contributed by atoms with E-state index in [0.29, 0.717) is 19.8 Å². The summed E-state index contributed by atoms with van der Waals surface area (Å²) in [5.74, 6) is 0. The number of benzene rings is 2. The minimum Gasteiger partial charge on any atom is -0.372 e. The largest absolute Gasteiger partial charge is 0.372 e. The van der Waals surface area contributed by atoms with Crippen molar-refractivity contribution in [3.63, 3.8) is 0 Å². The molecule has 18 heavy (non-hydrogen) atoms. The Morgan fingerprint density at radius 1 is 0.944 bits per heavy atom. The summed E-state index contributed by atoms with van der Waals surface area (Å²) in [5, 5.41) is 0. The Morgan fingerprint density at radius 3 is 2.44 bits per heavy atom. The number of halogens is 1. The lowest BCUT2D eigenvalue weighted by Gasteiger charge is -2.08. The Morgan fingerprint density at radius 2 is 1.72 bits per heavy atom. The highest BCUT2D eigenvalue weighted by Crippen LogP contribution is 2.14. The second kappa shape index (κ2) is 6.69. The molecule has 0 aliphatic heterocycles. The van der Waals surface area contributed by atoms with Gasteiger partial charge < -0.3 is 10.5 Å². The zero-order valence-electron chi connectivity index (χ0n) is 10.1. The molecule has 0 fully saturated rings. The third-order valence-electron chi connectivity index (χ3n) is 2.75. The van der Waals surface area contributed by atoms with Gasteiger partial charge in [0.15, 0.2) is 0 Å². The molecule has 0 radical (unpaired) electrons. The maximum absolute atomic E-state index is 5.73. The standard InChI is InChI=1S/C15H16BrNO/c16-15-7-3-4-12(8-15)10-18-11-14-6-2-1-5-13(14)9-17/h1-8H,9-11,17H2. The predicted molar refractivity (Wildman–Crippen MR) is 77.0 cm³/mol.